The van der Waals surface area contributed by atoms with E-state index in [4.69, 9.17) is 4.74 Å². The molecule has 5 heteroatoms. The molecule has 0 N–H and O–H groups in total. The van der Waals surface area contributed by atoms with Crippen molar-refractivity contribution in [2.45, 2.75) is 39.3 Å². The summed E-state index contributed by atoms with van der Waals surface area (Å²) in [6, 6.07) is -0.0162. The molecule has 2 atom stereocenters. The number of hydrogen-bond donors (Lipinski definition) is 0. The van der Waals surface area contributed by atoms with Gasteiger partial charge in [0.2, 0.25) is 5.91 Å². The van der Waals surface area contributed by atoms with Crippen molar-refractivity contribution in [1.29, 1.82) is 0 Å². The summed E-state index contributed by atoms with van der Waals surface area (Å²) in [5.41, 5.74) is 0. The fourth-order valence-corrected chi connectivity index (χ4v) is 1.94. The number of nitrogens with zero attached hydrogens (tertiary/aromatic N) is 1. The number of hydrogen-bond acceptors (Lipinski definition) is 4. The fourth-order valence-electron chi connectivity index (χ4n) is 1.94. The standard InChI is InChI=1S/C12H21NO4/c1-8(2)13(6-11(14)16-4)12(15)10-5-9(3)17-7-10/h8-10H,5-7H2,1-4H3. The van der Waals surface area contributed by atoms with Crippen LogP contribution < -0.4 is 0 Å². The summed E-state index contributed by atoms with van der Waals surface area (Å²) >= 11 is 0. The Bertz CT molecular complexity index is 290. The number of rotatable bonds is 4. The van der Waals surface area contributed by atoms with Gasteiger partial charge in [0.1, 0.15) is 6.54 Å². The van der Waals surface area contributed by atoms with Crippen LogP contribution in [-0.2, 0) is 19.1 Å². The van der Waals surface area contributed by atoms with Crippen molar-refractivity contribution in [1.82, 2.24) is 4.90 Å². The van der Waals surface area contributed by atoms with Gasteiger partial charge >= 0.3 is 5.97 Å². The molecule has 0 bridgehead atoms. The Labute approximate surface area is 102 Å². The second-order valence-electron chi connectivity index (χ2n) is 4.71. The lowest BCUT2D eigenvalue weighted by Gasteiger charge is -2.27. The second-order valence-corrected chi connectivity index (χ2v) is 4.71. The van der Waals surface area contributed by atoms with Gasteiger partial charge in [0.15, 0.2) is 0 Å². The lowest BCUT2D eigenvalue weighted by Crippen LogP contribution is -2.44. The SMILES string of the molecule is COC(=O)CN(C(=O)C1COC(C)C1)C(C)C. The minimum absolute atomic E-state index is 0.0118. The van der Waals surface area contributed by atoms with Crippen LogP contribution in [0.3, 0.4) is 0 Å². The third kappa shape index (κ3) is 3.70. The number of methoxy groups -OCH3 is 1. The van der Waals surface area contributed by atoms with Crippen LogP contribution in [0.15, 0.2) is 0 Å². The molecule has 0 radical (unpaired) electrons. The van der Waals surface area contributed by atoms with E-state index < -0.39 is 0 Å². The monoisotopic (exact) mass is 243 g/mol. The van der Waals surface area contributed by atoms with E-state index in [1.165, 1.54) is 7.11 Å². The minimum Gasteiger partial charge on any atom is -0.468 e. The zero-order valence-corrected chi connectivity index (χ0v) is 10.9. The van der Waals surface area contributed by atoms with Gasteiger partial charge in [-0.2, -0.15) is 0 Å². The smallest absolute Gasteiger partial charge is 0.325 e. The Morgan fingerprint density at radius 2 is 2.12 bits per heavy atom. The molecule has 0 aromatic heterocycles. The molecule has 0 aromatic rings. The highest BCUT2D eigenvalue weighted by molar-refractivity contribution is 5.84. The first-order chi connectivity index (χ1) is 7.95. The summed E-state index contributed by atoms with van der Waals surface area (Å²) in [7, 11) is 1.33. The Morgan fingerprint density at radius 3 is 2.53 bits per heavy atom. The molecule has 17 heavy (non-hydrogen) atoms. The van der Waals surface area contributed by atoms with Crippen LogP contribution in [0.1, 0.15) is 27.2 Å². The van der Waals surface area contributed by atoms with Crippen LogP contribution in [0.2, 0.25) is 0 Å². The van der Waals surface area contributed by atoms with Crippen LogP contribution in [0.4, 0.5) is 0 Å². The predicted molar refractivity (Wildman–Crippen MR) is 62.4 cm³/mol. The summed E-state index contributed by atoms with van der Waals surface area (Å²) < 4.78 is 9.98. The molecule has 1 amide bonds. The van der Waals surface area contributed by atoms with E-state index in [0.717, 1.165) is 6.42 Å². The molecular weight excluding hydrogens is 222 g/mol. The number of amides is 1. The molecule has 98 valence electrons. The fraction of sp³-hybridized carbons (Fsp3) is 0.833. The van der Waals surface area contributed by atoms with Gasteiger partial charge in [-0.05, 0) is 27.2 Å². The molecule has 1 saturated heterocycles. The molecule has 1 heterocycles. The first-order valence-corrected chi connectivity index (χ1v) is 5.94. The minimum atomic E-state index is -0.390. The van der Waals surface area contributed by atoms with Gasteiger partial charge in [0, 0.05) is 6.04 Å². The maximum absolute atomic E-state index is 12.2. The molecule has 0 saturated carbocycles. The van der Waals surface area contributed by atoms with Gasteiger partial charge in [0.25, 0.3) is 0 Å². The summed E-state index contributed by atoms with van der Waals surface area (Å²) in [5, 5.41) is 0. The average Bonchev–Trinajstić information content (AvgIpc) is 2.71. The highest BCUT2D eigenvalue weighted by atomic mass is 16.5. The number of carbonyl (C=O) groups is 2. The first-order valence-electron chi connectivity index (χ1n) is 5.94. The normalized spacial score (nSPS) is 23.8. The van der Waals surface area contributed by atoms with Crippen LogP contribution >= 0.6 is 0 Å². The predicted octanol–water partition coefficient (Wildman–Crippen LogP) is 0.821. The molecule has 1 rings (SSSR count). The summed E-state index contributed by atoms with van der Waals surface area (Å²) in [6.07, 6.45) is 0.847. The zero-order valence-electron chi connectivity index (χ0n) is 10.9. The van der Waals surface area contributed by atoms with Crippen molar-refractivity contribution in [3.63, 3.8) is 0 Å². The average molecular weight is 243 g/mol. The summed E-state index contributed by atoms with van der Waals surface area (Å²) in [6.45, 7) is 6.19. The first kappa shape index (κ1) is 14.0. The molecule has 1 fully saturated rings. The Kier molecular flexibility index (Phi) is 4.93. The van der Waals surface area contributed by atoms with Crippen LogP contribution in [-0.4, -0.2) is 49.2 Å². The maximum atomic E-state index is 12.2. The summed E-state index contributed by atoms with van der Waals surface area (Å²) in [5.74, 6) is -0.536. The van der Waals surface area contributed by atoms with Crippen LogP contribution in [0.5, 0.6) is 0 Å². The quantitative estimate of drug-likeness (QED) is 0.686. The van der Waals surface area contributed by atoms with Crippen molar-refractivity contribution in [3.05, 3.63) is 0 Å². The Hall–Kier alpha value is -1.10. The summed E-state index contributed by atoms with van der Waals surface area (Å²) in [4.78, 5) is 25.0. The van der Waals surface area contributed by atoms with Gasteiger partial charge in [-0.1, -0.05) is 0 Å². The zero-order chi connectivity index (χ0) is 13.0. The largest absolute Gasteiger partial charge is 0.468 e. The van der Waals surface area contributed by atoms with Crippen molar-refractivity contribution < 1.29 is 19.1 Å². The molecule has 0 spiro atoms. The maximum Gasteiger partial charge on any atom is 0.325 e. The third-order valence-corrected chi connectivity index (χ3v) is 2.98. The lowest BCUT2D eigenvalue weighted by atomic mass is 10.0. The van der Waals surface area contributed by atoms with Gasteiger partial charge in [-0.3, -0.25) is 9.59 Å². The van der Waals surface area contributed by atoms with E-state index in [-0.39, 0.29) is 36.5 Å². The molecule has 0 aliphatic carbocycles. The number of esters is 1. The second kappa shape index (κ2) is 6.00. The Morgan fingerprint density at radius 1 is 1.47 bits per heavy atom. The van der Waals surface area contributed by atoms with E-state index in [1.54, 1.807) is 4.90 Å². The Balaban J connectivity index is 2.63. The molecule has 1 aliphatic heterocycles. The van der Waals surface area contributed by atoms with Crippen molar-refractivity contribution in [2.75, 3.05) is 20.3 Å². The van der Waals surface area contributed by atoms with Crippen molar-refractivity contribution >= 4 is 11.9 Å². The highest BCUT2D eigenvalue weighted by Gasteiger charge is 2.33. The van der Waals surface area contributed by atoms with Crippen LogP contribution in [0.25, 0.3) is 0 Å². The molecule has 2 unspecified atom stereocenters. The van der Waals surface area contributed by atoms with E-state index in [0.29, 0.717) is 6.61 Å². The molecule has 1 aliphatic rings. The van der Waals surface area contributed by atoms with E-state index in [2.05, 4.69) is 4.74 Å². The highest BCUT2D eigenvalue weighted by Crippen LogP contribution is 2.22. The van der Waals surface area contributed by atoms with Gasteiger partial charge in [-0.15, -0.1) is 0 Å². The number of ether oxygens (including phenoxy) is 2. The van der Waals surface area contributed by atoms with E-state index in [1.807, 2.05) is 20.8 Å². The van der Waals surface area contributed by atoms with Crippen molar-refractivity contribution in [3.8, 4) is 0 Å². The lowest BCUT2D eigenvalue weighted by molar-refractivity contribution is -0.149. The molecule has 5 nitrogen and oxygen atoms in total. The topological polar surface area (TPSA) is 55.8 Å². The van der Waals surface area contributed by atoms with E-state index in [9.17, 15) is 9.59 Å². The van der Waals surface area contributed by atoms with E-state index >= 15 is 0 Å². The molecule has 0 aromatic carbocycles. The van der Waals surface area contributed by atoms with Gasteiger partial charge in [-0.25, -0.2) is 0 Å². The number of carbonyl (C=O) groups excluding carboxylic acids is 2. The van der Waals surface area contributed by atoms with Gasteiger partial charge < -0.3 is 14.4 Å². The van der Waals surface area contributed by atoms with Crippen LogP contribution in [0, 0.1) is 5.92 Å². The molecular formula is C12H21NO4. The third-order valence-electron chi connectivity index (χ3n) is 2.98. The van der Waals surface area contributed by atoms with Gasteiger partial charge in [0.05, 0.1) is 25.7 Å². The van der Waals surface area contributed by atoms with Crippen molar-refractivity contribution in [2.24, 2.45) is 5.92 Å².